The van der Waals surface area contributed by atoms with Crippen LogP contribution in [-0.2, 0) is 33.8 Å². The summed E-state index contributed by atoms with van der Waals surface area (Å²) in [5, 5.41) is 14.3. The van der Waals surface area contributed by atoms with Crippen molar-refractivity contribution in [2.24, 2.45) is 0 Å². The highest BCUT2D eigenvalue weighted by atomic mass is 16.3. The van der Waals surface area contributed by atoms with Crippen molar-refractivity contribution in [2.75, 3.05) is 19.6 Å². The predicted octanol–water partition coefficient (Wildman–Crippen LogP) is 3.86. The van der Waals surface area contributed by atoms with Crippen molar-refractivity contribution in [1.29, 1.82) is 0 Å². The molecule has 2 atom stereocenters. The van der Waals surface area contributed by atoms with Crippen LogP contribution < -0.4 is 0 Å². The van der Waals surface area contributed by atoms with Crippen LogP contribution in [0.5, 0.6) is 5.75 Å². The Morgan fingerprint density at radius 3 is 2.53 bits per heavy atom. The highest BCUT2D eigenvalue weighted by Gasteiger charge is 2.51. The summed E-state index contributed by atoms with van der Waals surface area (Å²) < 4.78 is 0. The lowest BCUT2D eigenvalue weighted by Crippen LogP contribution is -2.75. The number of carbonyl (C=O) groups is 3. The number of piperazine rings is 1. The summed E-state index contributed by atoms with van der Waals surface area (Å²) >= 11 is 0. The third-order valence-electron chi connectivity index (χ3n) is 8.30. The number of hydrazine groups is 1. The Morgan fingerprint density at radius 1 is 0.977 bits per heavy atom. The number of H-pyrrole nitrogens is 1. The van der Waals surface area contributed by atoms with Crippen molar-refractivity contribution in [3.05, 3.63) is 114 Å². The normalized spacial score (nSPS) is 19.1. The number of amides is 3. The molecule has 1 aromatic heterocycles. The largest absolute Gasteiger partial charge is 0.508 e. The fourth-order valence-electron chi connectivity index (χ4n) is 6.26. The molecule has 43 heavy (non-hydrogen) atoms. The molecule has 2 N–H and O–H groups in total. The topological polar surface area (TPSA) is 100 Å². The SMILES string of the molecule is C=CCN1CC(=O)N2[C@@H](Cc3ccc(O)cc3)C(=O)N(Cc3cccc4cc[nH]c34)C[C@@H]2N1C(=O)CCc1ccccc1. The molecule has 220 valence electrons. The van der Waals surface area contributed by atoms with Crippen molar-refractivity contribution in [2.45, 2.75) is 38.0 Å². The number of aromatic hydroxyl groups is 1. The second-order valence-corrected chi connectivity index (χ2v) is 11.1. The average Bonchev–Trinajstić information content (AvgIpc) is 3.50. The number of nitrogens with one attached hydrogen (secondary N) is 1. The molecule has 6 rings (SSSR count). The lowest BCUT2D eigenvalue weighted by molar-refractivity contribution is -0.205. The van der Waals surface area contributed by atoms with Crippen LogP contribution in [0.15, 0.2) is 97.7 Å². The molecule has 0 bridgehead atoms. The number of hydrogen-bond donors (Lipinski definition) is 2. The number of fused-ring (bicyclic) bond motifs is 2. The maximum Gasteiger partial charge on any atom is 0.246 e. The van der Waals surface area contributed by atoms with Gasteiger partial charge in [-0.25, -0.2) is 10.0 Å². The standard InChI is InChI=1S/C34H35N5O4/c1-2-19-37-23-32(42)38-29(20-25-11-14-28(40)15-12-25)34(43)36(21-27-10-6-9-26-17-18-35-33(26)27)22-30(38)39(37)31(41)16-13-24-7-4-3-5-8-24/h2-12,14-15,17-18,29-30,35,40H,1,13,16,19-23H2/t29-,30-/m0/s1. The minimum Gasteiger partial charge on any atom is -0.508 e. The number of carbonyl (C=O) groups excluding carboxylic acids is 3. The van der Waals surface area contributed by atoms with E-state index in [2.05, 4.69) is 11.6 Å². The summed E-state index contributed by atoms with van der Waals surface area (Å²) in [6.07, 6.45) is 3.97. The zero-order valence-corrected chi connectivity index (χ0v) is 23.9. The molecule has 2 fully saturated rings. The molecule has 2 saturated heterocycles. The molecule has 0 radical (unpaired) electrons. The Bertz CT molecular complexity index is 1630. The molecular formula is C34H35N5O4. The number of nitrogens with zero attached hydrogens (tertiary/aromatic N) is 4. The number of phenolic OH excluding ortho intramolecular Hbond substituents is 1. The van der Waals surface area contributed by atoms with Crippen LogP contribution in [0.1, 0.15) is 23.1 Å². The second-order valence-electron chi connectivity index (χ2n) is 11.1. The van der Waals surface area contributed by atoms with E-state index in [4.69, 9.17) is 0 Å². The van der Waals surface area contributed by atoms with Crippen molar-refractivity contribution >= 4 is 28.6 Å². The van der Waals surface area contributed by atoms with Gasteiger partial charge >= 0.3 is 0 Å². The van der Waals surface area contributed by atoms with Crippen molar-refractivity contribution in [3.63, 3.8) is 0 Å². The molecule has 3 amide bonds. The van der Waals surface area contributed by atoms with E-state index in [1.165, 1.54) is 0 Å². The molecule has 0 saturated carbocycles. The van der Waals surface area contributed by atoms with Gasteiger partial charge in [0.25, 0.3) is 0 Å². The first-order chi connectivity index (χ1) is 20.9. The molecule has 4 aromatic rings. The molecule has 3 heterocycles. The van der Waals surface area contributed by atoms with E-state index >= 15 is 0 Å². The summed E-state index contributed by atoms with van der Waals surface area (Å²) in [7, 11) is 0. The minimum atomic E-state index is -0.811. The Hall–Kier alpha value is -4.89. The monoisotopic (exact) mass is 577 g/mol. The summed E-state index contributed by atoms with van der Waals surface area (Å²) in [4.78, 5) is 48.6. The van der Waals surface area contributed by atoms with Gasteiger partial charge in [0.15, 0.2) is 0 Å². The quantitative estimate of drug-likeness (QED) is 0.295. The van der Waals surface area contributed by atoms with E-state index in [0.29, 0.717) is 19.5 Å². The number of hydrogen-bond acceptors (Lipinski definition) is 5. The minimum absolute atomic E-state index is 0.0270. The number of aryl methyl sites for hydroxylation is 1. The van der Waals surface area contributed by atoms with Gasteiger partial charge in [0, 0.05) is 32.1 Å². The van der Waals surface area contributed by atoms with Crippen LogP contribution in [0.2, 0.25) is 0 Å². The first-order valence-electron chi connectivity index (χ1n) is 14.6. The first kappa shape index (κ1) is 28.2. The van der Waals surface area contributed by atoms with Gasteiger partial charge in [-0.2, -0.15) is 0 Å². The first-order valence-corrected chi connectivity index (χ1v) is 14.6. The van der Waals surface area contributed by atoms with Crippen molar-refractivity contribution < 1.29 is 19.5 Å². The molecule has 0 unspecified atom stereocenters. The summed E-state index contributed by atoms with van der Waals surface area (Å²) in [5.74, 6) is -0.365. The third kappa shape index (κ3) is 5.76. The second kappa shape index (κ2) is 12.1. The Balaban J connectivity index is 1.36. The fourth-order valence-corrected chi connectivity index (χ4v) is 6.26. The number of phenols is 1. The number of aromatic nitrogens is 1. The van der Waals surface area contributed by atoms with Gasteiger partial charge in [-0.3, -0.25) is 14.4 Å². The van der Waals surface area contributed by atoms with Crippen LogP contribution >= 0.6 is 0 Å². The van der Waals surface area contributed by atoms with Gasteiger partial charge in [0.1, 0.15) is 18.0 Å². The maximum absolute atomic E-state index is 14.2. The summed E-state index contributed by atoms with van der Waals surface area (Å²) in [6, 6.07) is 23.7. The van der Waals surface area contributed by atoms with E-state index in [9.17, 15) is 19.5 Å². The number of benzene rings is 3. The van der Waals surface area contributed by atoms with Crippen molar-refractivity contribution in [3.8, 4) is 5.75 Å². The number of para-hydroxylation sites is 1. The van der Waals surface area contributed by atoms with Crippen LogP contribution in [-0.4, -0.2) is 79.5 Å². The molecule has 9 heteroatoms. The Labute approximate surface area is 250 Å². The molecule has 9 nitrogen and oxygen atoms in total. The van der Waals surface area contributed by atoms with Crippen LogP contribution in [0.3, 0.4) is 0 Å². The van der Waals surface area contributed by atoms with E-state index in [0.717, 1.165) is 27.6 Å². The van der Waals surface area contributed by atoms with Gasteiger partial charge in [-0.1, -0.05) is 66.7 Å². The molecule has 2 aliphatic heterocycles. The molecule has 0 spiro atoms. The zero-order chi connectivity index (χ0) is 29.9. The molecular weight excluding hydrogens is 542 g/mol. The smallest absolute Gasteiger partial charge is 0.246 e. The summed E-state index contributed by atoms with van der Waals surface area (Å²) in [5.41, 5.74) is 3.78. The summed E-state index contributed by atoms with van der Waals surface area (Å²) in [6.45, 7) is 4.67. The van der Waals surface area contributed by atoms with Crippen LogP contribution in [0.25, 0.3) is 10.9 Å². The van der Waals surface area contributed by atoms with E-state index < -0.39 is 12.2 Å². The van der Waals surface area contributed by atoms with E-state index in [-0.39, 0.29) is 49.4 Å². The van der Waals surface area contributed by atoms with Gasteiger partial charge in [0.2, 0.25) is 17.7 Å². The number of rotatable bonds is 9. The highest BCUT2D eigenvalue weighted by Crippen LogP contribution is 2.31. The molecule has 3 aromatic carbocycles. The van der Waals surface area contributed by atoms with E-state index in [1.807, 2.05) is 60.8 Å². The average molecular weight is 578 g/mol. The molecule has 2 aliphatic rings. The highest BCUT2D eigenvalue weighted by molar-refractivity contribution is 5.92. The fraction of sp³-hybridized carbons (Fsp3) is 0.265. The van der Waals surface area contributed by atoms with E-state index in [1.54, 1.807) is 50.2 Å². The molecule has 0 aliphatic carbocycles. The van der Waals surface area contributed by atoms with Gasteiger partial charge in [-0.05, 0) is 46.7 Å². The van der Waals surface area contributed by atoms with Gasteiger partial charge in [0.05, 0.1) is 18.6 Å². The zero-order valence-electron chi connectivity index (χ0n) is 23.9. The lowest BCUT2D eigenvalue weighted by atomic mass is 9.97. The van der Waals surface area contributed by atoms with Crippen LogP contribution in [0.4, 0.5) is 0 Å². The van der Waals surface area contributed by atoms with Gasteiger partial charge < -0.3 is 19.9 Å². The predicted molar refractivity (Wildman–Crippen MR) is 163 cm³/mol. The Morgan fingerprint density at radius 2 is 1.77 bits per heavy atom. The van der Waals surface area contributed by atoms with Gasteiger partial charge in [-0.15, -0.1) is 6.58 Å². The lowest BCUT2D eigenvalue weighted by Gasteiger charge is -2.55. The van der Waals surface area contributed by atoms with Crippen LogP contribution in [0, 0.1) is 0 Å². The maximum atomic E-state index is 14.2. The Kier molecular flexibility index (Phi) is 7.98. The van der Waals surface area contributed by atoms with Crippen molar-refractivity contribution in [1.82, 2.24) is 24.8 Å². The third-order valence-corrected chi connectivity index (χ3v) is 8.30. The number of aromatic amines is 1.